The van der Waals surface area contributed by atoms with Crippen LogP contribution in [0.5, 0.6) is 0 Å². The molecule has 1 heterocycles. The van der Waals surface area contributed by atoms with Gasteiger partial charge in [0.05, 0.1) is 11.4 Å². The van der Waals surface area contributed by atoms with E-state index in [0.29, 0.717) is 6.54 Å². The van der Waals surface area contributed by atoms with Crippen LogP contribution in [0, 0.1) is 0 Å². The summed E-state index contributed by atoms with van der Waals surface area (Å²) in [4.78, 5) is 15.5. The van der Waals surface area contributed by atoms with Gasteiger partial charge in [0.15, 0.2) is 5.69 Å². The van der Waals surface area contributed by atoms with Crippen LogP contribution in [0.1, 0.15) is 17.4 Å². The minimum absolute atomic E-state index is 0.00415. The summed E-state index contributed by atoms with van der Waals surface area (Å²) >= 11 is 0. The Balaban J connectivity index is 2.51. The lowest BCUT2D eigenvalue weighted by atomic mass is 10.3. The third-order valence-corrected chi connectivity index (χ3v) is 3.54. The maximum Gasteiger partial charge on any atom is 0.272 e. The number of carbonyl (C=O) groups excluding carboxylic acids is 1. The molecule has 1 rings (SSSR count). The molecule has 0 saturated heterocycles. The SMILES string of the molecule is CCNS(=O)(=O)CCNC(=O)c1ncccc1N. The zero-order chi connectivity index (χ0) is 13.6. The van der Waals surface area contributed by atoms with Gasteiger partial charge < -0.3 is 11.1 Å². The number of amides is 1. The highest BCUT2D eigenvalue weighted by Gasteiger charge is 2.12. The smallest absolute Gasteiger partial charge is 0.272 e. The summed E-state index contributed by atoms with van der Waals surface area (Å²) in [6.07, 6.45) is 1.45. The van der Waals surface area contributed by atoms with Crippen LogP contribution in [-0.4, -0.2) is 38.2 Å². The van der Waals surface area contributed by atoms with Crippen molar-refractivity contribution in [2.24, 2.45) is 0 Å². The van der Waals surface area contributed by atoms with Crippen molar-refractivity contribution in [3.05, 3.63) is 24.0 Å². The molecule has 4 N–H and O–H groups in total. The van der Waals surface area contributed by atoms with Crippen LogP contribution in [-0.2, 0) is 10.0 Å². The molecule has 0 aromatic carbocycles. The summed E-state index contributed by atoms with van der Waals surface area (Å²) in [5.41, 5.74) is 5.92. The first-order valence-corrected chi connectivity index (χ1v) is 7.07. The number of nitrogens with one attached hydrogen (secondary N) is 2. The molecule has 0 saturated carbocycles. The number of nitrogen functional groups attached to an aromatic ring is 1. The first kappa shape index (κ1) is 14.4. The second kappa shape index (κ2) is 6.31. The maximum atomic E-state index is 11.6. The van der Waals surface area contributed by atoms with Gasteiger partial charge in [-0.25, -0.2) is 18.1 Å². The van der Waals surface area contributed by atoms with Crippen molar-refractivity contribution in [2.75, 3.05) is 24.6 Å². The largest absolute Gasteiger partial charge is 0.397 e. The number of aromatic nitrogens is 1. The van der Waals surface area contributed by atoms with Gasteiger partial charge in [-0.3, -0.25) is 4.79 Å². The molecular formula is C10H16N4O3S. The third kappa shape index (κ3) is 4.30. The van der Waals surface area contributed by atoms with Crippen molar-refractivity contribution >= 4 is 21.6 Å². The summed E-state index contributed by atoms with van der Waals surface area (Å²) < 4.78 is 25.0. The monoisotopic (exact) mass is 272 g/mol. The van der Waals surface area contributed by atoms with Gasteiger partial charge >= 0.3 is 0 Å². The average Bonchev–Trinajstić information content (AvgIpc) is 2.29. The molecule has 0 spiro atoms. The Morgan fingerprint density at radius 3 is 2.83 bits per heavy atom. The number of carbonyl (C=O) groups is 1. The number of hydrogen-bond donors (Lipinski definition) is 3. The van der Waals surface area contributed by atoms with Gasteiger partial charge in [-0.05, 0) is 12.1 Å². The Kier molecular flexibility index (Phi) is 5.05. The van der Waals surface area contributed by atoms with Gasteiger partial charge in [0.2, 0.25) is 10.0 Å². The average molecular weight is 272 g/mol. The molecule has 0 radical (unpaired) electrons. The lowest BCUT2D eigenvalue weighted by molar-refractivity contribution is 0.0952. The first-order valence-electron chi connectivity index (χ1n) is 5.42. The minimum atomic E-state index is -3.34. The van der Waals surface area contributed by atoms with Gasteiger partial charge in [-0.1, -0.05) is 6.92 Å². The Morgan fingerprint density at radius 2 is 2.22 bits per heavy atom. The number of pyridine rings is 1. The molecule has 1 aromatic rings. The van der Waals surface area contributed by atoms with Crippen LogP contribution in [0.3, 0.4) is 0 Å². The van der Waals surface area contributed by atoms with Crippen molar-refractivity contribution in [1.82, 2.24) is 15.0 Å². The Labute approximate surface area is 106 Å². The minimum Gasteiger partial charge on any atom is -0.397 e. The van der Waals surface area contributed by atoms with E-state index >= 15 is 0 Å². The number of sulfonamides is 1. The van der Waals surface area contributed by atoms with Crippen LogP contribution in [0.25, 0.3) is 0 Å². The van der Waals surface area contributed by atoms with E-state index in [9.17, 15) is 13.2 Å². The van der Waals surface area contributed by atoms with Gasteiger partial charge in [-0.15, -0.1) is 0 Å². The maximum absolute atomic E-state index is 11.6. The molecule has 0 bridgehead atoms. The Bertz CT molecular complexity index is 516. The molecule has 100 valence electrons. The van der Waals surface area contributed by atoms with Crippen LogP contribution in [0.15, 0.2) is 18.3 Å². The van der Waals surface area contributed by atoms with Crippen molar-refractivity contribution in [3.8, 4) is 0 Å². The van der Waals surface area contributed by atoms with Crippen LogP contribution in [0.2, 0.25) is 0 Å². The molecule has 0 aliphatic rings. The fraction of sp³-hybridized carbons (Fsp3) is 0.400. The molecular weight excluding hydrogens is 256 g/mol. The summed E-state index contributed by atoms with van der Waals surface area (Å²) in [5.74, 6) is -0.668. The van der Waals surface area contributed by atoms with Crippen molar-refractivity contribution in [2.45, 2.75) is 6.92 Å². The van der Waals surface area contributed by atoms with E-state index < -0.39 is 15.9 Å². The van der Waals surface area contributed by atoms with E-state index in [0.717, 1.165) is 0 Å². The molecule has 8 heteroatoms. The van der Waals surface area contributed by atoms with Crippen LogP contribution in [0.4, 0.5) is 5.69 Å². The van der Waals surface area contributed by atoms with Gasteiger partial charge in [0, 0.05) is 19.3 Å². The first-order chi connectivity index (χ1) is 8.46. The van der Waals surface area contributed by atoms with Crippen molar-refractivity contribution in [1.29, 1.82) is 0 Å². The van der Waals surface area contributed by atoms with Crippen LogP contribution >= 0.6 is 0 Å². The quantitative estimate of drug-likeness (QED) is 0.635. The van der Waals surface area contributed by atoms with Gasteiger partial charge in [0.25, 0.3) is 5.91 Å². The number of nitrogens with zero attached hydrogens (tertiary/aromatic N) is 1. The number of hydrogen-bond acceptors (Lipinski definition) is 5. The summed E-state index contributed by atoms with van der Waals surface area (Å²) in [5, 5.41) is 2.45. The van der Waals surface area contributed by atoms with E-state index in [1.165, 1.54) is 6.20 Å². The van der Waals surface area contributed by atoms with Gasteiger partial charge in [0.1, 0.15) is 0 Å². The highest BCUT2D eigenvalue weighted by Crippen LogP contribution is 2.05. The van der Waals surface area contributed by atoms with E-state index in [-0.39, 0.29) is 23.7 Å². The van der Waals surface area contributed by atoms with Crippen molar-refractivity contribution in [3.63, 3.8) is 0 Å². The topological polar surface area (TPSA) is 114 Å². The normalized spacial score (nSPS) is 11.2. The molecule has 0 aliphatic heterocycles. The molecule has 0 unspecified atom stereocenters. The summed E-state index contributed by atoms with van der Waals surface area (Å²) in [6.45, 7) is 2.01. The molecule has 1 aromatic heterocycles. The predicted molar refractivity (Wildman–Crippen MR) is 68.4 cm³/mol. The molecule has 0 atom stereocenters. The Morgan fingerprint density at radius 1 is 1.50 bits per heavy atom. The zero-order valence-corrected chi connectivity index (χ0v) is 10.8. The van der Waals surface area contributed by atoms with E-state index in [1.54, 1.807) is 19.1 Å². The second-order valence-electron chi connectivity index (χ2n) is 3.51. The van der Waals surface area contributed by atoms with E-state index in [4.69, 9.17) is 5.73 Å². The van der Waals surface area contributed by atoms with E-state index in [2.05, 4.69) is 15.0 Å². The molecule has 0 aliphatic carbocycles. The lowest BCUT2D eigenvalue weighted by Gasteiger charge is -2.07. The number of rotatable bonds is 6. The standard InChI is InChI=1S/C10H16N4O3S/c1-2-14-18(16,17)7-6-13-10(15)9-8(11)4-3-5-12-9/h3-5,14H,2,6-7,11H2,1H3,(H,13,15). The van der Waals surface area contributed by atoms with Crippen LogP contribution < -0.4 is 15.8 Å². The summed E-state index contributed by atoms with van der Waals surface area (Å²) in [6, 6.07) is 3.17. The lowest BCUT2D eigenvalue weighted by Crippen LogP contribution is -2.34. The van der Waals surface area contributed by atoms with Gasteiger partial charge in [-0.2, -0.15) is 0 Å². The van der Waals surface area contributed by atoms with E-state index in [1.807, 2.05) is 0 Å². The highest BCUT2D eigenvalue weighted by atomic mass is 32.2. The third-order valence-electron chi connectivity index (χ3n) is 2.07. The molecule has 18 heavy (non-hydrogen) atoms. The second-order valence-corrected chi connectivity index (χ2v) is 5.44. The molecule has 0 fully saturated rings. The number of nitrogens with two attached hydrogens (primary N) is 1. The Hall–Kier alpha value is -1.67. The zero-order valence-electron chi connectivity index (χ0n) is 10.0. The highest BCUT2D eigenvalue weighted by molar-refractivity contribution is 7.89. The fourth-order valence-electron chi connectivity index (χ4n) is 1.28. The fourth-order valence-corrected chi connectivity index (χ4v) is 2.24. The predicted octanol–water partition coefficient (Wildman–Crippen LogP) is -0.667. The summed E-state index contributed by atoms with van der Waals surface area (Å²) in [7, 11) is -3.34. The number of anilines is 1. The molecule has 7 nitrogen and oxygen atoms in total. The molecule has 1 amide bonds. The van der Waals surface area contributed by atoms with Crippen molar-refractivity contribution < 1.29 is 13.2 Å².